The van der Waals surface area contributed by atoms with Crippen molar-refractivity contribution in [2.45, 2.75) is 39.2 Å². The van der Waals surface area contributed by atoms with E-state index in [-0.39, 0.29) is 12.5 Å². The van der Waals surface area contributed by atoms with E-state index in [1.165, 1.54) is 0 Å². The zero-order chi connectivity index (χ0) is 8.20. The van der Waals surface area contributed by atoms with Crippen molar-refractivity contribution in [1.82, 2.24) is 0 Å². The highest BCUT2D eigenvalue weighted by Gasteiger charge is 2.27. The van der Waals surface area contributed by atoms with Crippen LogP contribution in [0.15, 0.2) is 0 Å². The van der Waals surface area contributed by atoms with E-state index >= 15 is 0 Å². The van der Waals surface area contributed by atoms with Crippen LogP contribution in [-0.2, 0) is 0 Å². The van der Waals surface area contributed by atoms with E-state index in [4.69, 9.17) is 5.11 Å². The Morgan fingerprint density at radius 2 is 1.90 bits per heavy atom. The third-order valence-corrected chi connectivity index (χ3v) is 2.23. The molecule has 1 atom stereocenters. The Balaban J connectivity index is 3.94. The summed E-state index contributed by atoms with van der Waals surface area (Å²) < 4.78 is 0. The molecule has 0 fully saturated rings. The van der Waals surface area contributed by atoms with E-state index in [1.807, 2.05) is 20.8 Å². The average molecular weight is 146 g/mol. The molecular weight excluding hydrogens is 128 g/mol. The molecule has 0 amide bonds. The summed E-state index contributed by atoms with van der Waals surface area (Å²) in [6, 6.07) is 0. The number of aliphatic hydroxyl groups excluding tert-OH is 1. The van der Waals surface area contributed by atoms with Gasteiger partial charge in [0.2, 0.25) is 0 Å². The van der Waals surface area contributed by atoms with Crippen molar-refractivity contribution >= 4 is 0 Å². The lowest BCUT2D eigenvalue weighted by Gasteiger charge is -2.30. The van der Waals surface area contributed by atoms with Crippen molar-refractivity contribution in [3.8, 4) is 0 Å². The van der Waals surface area contributed by atoms with Crippen molar-refractivity contribution in [2.75, 3.05) is 6.61 Å². The van der Waals surface area contributed by atoms with Gasteiger partial charge in [-0.2, -0.15) is 0 Å². The van der Waals surface area contributed by atoms with Crippen LogP contribution in [-0.4, -0.2) is 22.4 Å². The summed E-state index contributed by atoms with van der Waals surface area (Å²) in [6.07, 6.45) is 1.20. The van der Waals surface area contributed by atoms with Crippen LogP contribution in [0.25, 0.3) is 0 Å². The Hall–Kier alpha value is -0.0800. The first kappa shape index (κ1) is 9.92. The fourth-order valence-corrected chi connectivity index (χ4v) is 1.07. The molecule has 0 radical (unpaired) electrons. The monoisotopic (exact) mass is 146 g/mol. The molecule has 62 valence electrons. The Bertz CT molecular complexity index is 91.3. The highest BCUT2D eigenvalue weighted by Crippen LogP contribution is 2.23. The molecule has 0 aromatic heterocycles. The predicted octanol–water partition coefficient (Wildman–Crippen LogP) is 1.17. The predicted molar refractivity (Wildman–Crippen MR) is 41.8 cm³/mol. The Morgan fingerprint density at radius 3 is 2.00 bits per heavy atom. The fourth-order valence-electron chi connectivity index (χ4n) is 1.07. The second-order valence-corrected chi connectivity index (χ2v) is 3.09. The second kappa shape index (κ2) is 3.94. The summed E-state index contributed by atoms with van der Waals surface area (Å²) >= 11 is 0. The number of hydrogen-bond donors (Lipinski definition) is 2. The molecule has 0 aromatic rings. The molecular formula is C8H18O2. The normalized spacial score (nSPS) is 17.4. The minimum Gasteiger partial charge on any atom is -0.396 e. The molecule has 2 nitrogen and oxygen atoms in total. The zero-order valence-corrected chi connectivity index (χ0v) is 7.09. The van der Waals surface area contributed by atoms with Crippen LogP contribution in [0.2, 0.25) is 0 Å². The van der Waals surface area contributed by atoms with Gasteiger partial charge in [0.1, 0.15) is 0 Å². The molecule has 0 unspecified atom stereocenters. The molecule has 0 aliphatic heterocycles. The lowest BCUT2D eigenvalue weighted by Crippen LogP contribution is -2.35. The van der Waals surface area contributed by atoms with Gasteiger partial charge in [0.25, 0.3) is 0 Å². The van der Waals surface area contributed by atoms with Crippen molar-refractivity contribution in [3.63, 3.8) is 0 Å². The molecule has 0 saturated carbocycles. The standard InChI is InChI=1S/C8H18O2/c1-4-8(10,5-6-9)7(2)3/h7,9-10H,4-6H2,1-3H3/t8-/m0/s1. The largest absolute Gasteiger partial charge is 0.396 e. The molecule has 0 aliphatic carbocycles. The fraction of sp³-hybridized carbons (Fsp3) is 1.00. The van der Waals surface area contributed by atoms with Crippen LogP contribution in [0.5, 0.6) is 0 Å². The molecule has 0 spiro atoms. The summed E-state index contributed by atoms with van der Waals surface area (Å²) in [5, 5.41) is 18.4. The van der Waals surface area contributed by atoms with E-state index in [0.717, 1.165) is 0 Å². The minimum atomic E-state index is -0.658. The zero-order valence-electron chi connectivity index (χ0n) is 7.09. The van der Waals surface area contributed by atoms with Crippen LogP contribution >= 0.6 is 0 Å². The lowest BCUT2D eigenvalue weighted by atomic mass is 9.85. The van der Waals surface area contributed by atoms with Gasteiger partial charge in [-0.1, -0.05) is 20.8 Å². The maximum Gasteiger partial charge on any atom is 0.0689 e. The highest BCUT2D eigenvalue weighted by molar-refractivity contribution is 4.79. The molecule has 0 heterocycles. The van der Waals surface area contributed by atoms with Gasteiger partial charge >= 0.3 is 0 Å². The van der Waals surface area contributed by atoms with Gasteiger partial charge in [0.05, 0.1) is 5.60 Å². The van der Waals surface area contributed by atoms with Gasteiger partial charge in [0.15, 0.2) is 0 Å². The third-order valence-electron chi connectivity index (χ3n) is 2.23. The van der Waals surface area contributed by atoms with E-state index in [9.17, 15) is 5.11 Å². The molecule has 0 bridgehead atoms. The summed E-state index contributed by atoms with van der Waals surface area (Å²) in [5.41, 5.74) is -0.658. The molecule has 2 N–H and O–H groups in total. The number of rotatable bonds is 4. The average Bonchev–Trinajstić information content (AvgIpc) is 1.88. The maximum absolute atomic E-state index is 9.74. The van der Waals surface area contributed by atoms with E-state index in [2.05, 4.69) is 0 Å². The van der Waals surface area contributed by atoms with Crippen molar-refractivity contribution in [3.05, 3.63) is 0 Å². The summed E-state index contributed by atoms with van der Waals surface area (Å²) in [6.45, 7) is 5.95. The molecule has 2 heteroatoms. The topological polar surface area (TPSA) is 40.5 Å². The highest BCUT2D eigenvalue weighted by atomic mass is 16.3. The van der Waals surface area contributed by atoms with Gasteiger partial charge < -0.3 is 10.2 Å². The summed E-state index contributed by atoms with van der Waals surface area (Å²) in [5.74, 6) is 0.227. The van der Waals surface area contributed by atoms with Crippen LogP contribution in [0.1, 0.15) is 33.6 Å². The number of hydrogen-bond acceptors (Lipinski definition) is 2. The van der Waals surface area contributed by atoms with Gasteiger partial charge in [-0.3, -0.25) is 0 Å². The molecule has 10 heavy (non-hydrogen) atoms. The van der Waals surface area contributed by atoms with Gasteiger partial charge in [-0.15, -0.1) is 0 Å². The number of aliphatic hydroxyl groups is 2. The quantitative estimate of drug-likeness (QED) is 0.625. The minimum absolute atomic E-state index is 0.0719. The first-order valence-corrected chi connectivity index (χ1v) is 3.90. The first-order chi connectivity index (χ1) is 4.56. The van der Waals surface area contributed by atoms with Crippen LogP contribution in [0.4, 0.5) is 0 Å². The maximum atomic E-state index is 9.74. The first-order valence-electron chi connectivity index (χ1n) is 3.90. The molecule has 0 rings (SSSR count). The summed E-state index contributed by atoms with van der Waals surface area (Å²) in [4.78, 5) is 0. The SMILES string of the molecule is CC[C@](O)(CCO)C(C)C. The van der Waals surface area contributed by atoms with E-state index in [0.29, 0.717) is 12.8 Å². The molecule has 0 saturated heterocycles. The van der Waals surface area contributed by atoms with Gasteiger partial charge in [-0.25, -0.2) is 0 Å². The van der Waals surface area contributed by atoms with Gasteiger partial charge in [-0.05, 0) is 18.8 Å². The van der Waals surface area contributed by atoms with Crippen LogP contribution < -0.4 is 0 Å². The van der Waals surface area contributed by atoms with E-state index < -0.39 is 5.60 Å². The third kappa shape index (κ3) is 2.27. The molecule has 0 aromatic carbocycles. The van der Waals surface area contributed by atoms with Crippen LogP contribution in [0.3, 0.4) is 0 Å². The Kier molecular flexibility index (Phi) is 3.91. The second-order valence-electron chi connectivity index (χ2n) is 3.09. The van der Waals surface area contributed by atoms with Crippen molar-refractivity contribution in [1.29, 1.82) is 0 Å². The van der Waals surface area contributed by atoms with E-state index in [1.54, 1.807) is 0 Å². The lowest BCUT2D eigenvalue weighted by molar-refractivity contribution is -0.0283. The van der Waals surface area contributed by atoms with Crippen LogP contribution in [0, 0.1) is 5.92 Å². The Morgan fingerprint density at radius 1 is 1.40 bits per heavy atom. The Labute approximate surface area is 62.9 Å². The molecule has 0 aliphatic rings. The van der Waals surface area contributed by atoms with Crippen molar-refractivity contribution < 1.29 is 10.2 Å². The summed E-state index contributed by atoms with van der Waals surface area (Å²) in [7, 11) is 0. The van der Waals surface area contributed by atoms with Crippen molar-refractivity contribution in [2.24, 2.45) is 5.92 Å². The van der Waals surface area contributed by atoms with Gasteiger partial charge in [0, 0.05) is 6.61 Å². The smallest absolute Gasteiger partial charge is 0.0689 e.